The third-order valence-electron chi connectivity index (χ3n) is 9.28. The first-order valence-electron chi connectivity index (χ1n) is 17.7. The highest BCUT2D eigenvalue weighted by molar-refractivity contribution is 6.11. The van der Waals surface area contributed by atoms with Crippen LogP contribution in [0.15, 0.2) is 91.0 Å². The number of fused-ring (bicyclic) bond motifs is 2. The van der Waals surface area contributed by atoms with Gasteiger partial charge in [-0.25, -0.2) is 13.6 Å². The number of carbonyl (C=O) groups excluding carboxylic acids is 3. The number of aromatic hydroxyl groups is 1. The molecule has 0 radical (unpaired) electrons. The lowest BCUT2D eigenvalue weighted by molar-refractivity contribution is -0.145. The second-order valence-corrected chi connectivity index (χ2v) is 13.2. The largest absolute Gasteiger partial charge is 0.508 e. The fourth-order valence-corrected chi connectivity index (χ4v) is 6.41. The molecule has 0 bridgehead atoms. The molecule has 0 saturated carbocycles. The van der Waals surface area contributed by atoms with Gasteiger partial charge in [-0.15, -0.1) is 0 Å². The lowest BCUT2D eigenvalue weighted by Crippen LogP contribution is -2.24. The van der Waals surface area contributed by atoms with Crippen LogP contribution in [0.5, 0.6) is 17.2 Å². The number of ether oxygens (including phenoxy) is 3. The van der Waals surface area contributed by atoms with E-state index < -0.39 is 52.9 Å². The number of hydrogen-bond donors (Lipinski definition) is 1. The van der Waals surface area contributed by atoms with Crippen molar-refractivity contribution in [2.75, 3.05) is 23.0 Å². The van der Waals surface area contributed by atoms with Gasteiger partial charge in [-0.1, -0.05) is 18.2 Å². The quantitative estimate of drug-likeness (QED) is 0.117. The summed E-state index contributed by atoms with van der Waals surface area (Å²) in [5.41, 5.74) is 0.161. The maximum absolute atomic E-state index is 14.5. The number of esters is 1. The molecular formula is C42H32F8N2O7. The summed E-state index contributed by atoms with van der Waals surface area (Å²) in [6.45, 7) is 3.60. The van der Waals surface area contributed by atoms with Crippen molar-refractivity contribution in [1.29, 1.82) is 0 Å². The fraction of sp³-hybridized carbons (Fsp3) is 0.214. The minimum atomic E-state index is -4.69. The van der Waals surface area contributed by atoms with E-state index in [0.717, 1.165) is 39.1 Å². The number of phenols is 1. The number of benzene rings is 5. The van der Waals surface area contributed by atoms with Gasteiger partial charge in [0.25, 0.3) is 11.8 Å². The van der Waals surface area contributed by atoms with Crippen molar-refractivity contribution in [1.82, 2.24) is 0 Å². The van der Waals surface area contributed by atoms with Crippen LogP contribution in [0.3, 0.4) is 0 Å². The molecule has 7 rings (SSSR count). The lowest BCUT2D eigenvalue weighted by atomic mass is 10.1. The molecule has 59 heavy (non-hydrogen) atoms. The van der Waals surface area contributed by atoms with E-state index in [1.807, 2.05) is 13.0 Å². The predicted molar refractivity (Wildman–Crippen MR) is 196 cm³/mol. The molecule has 5 aromatic rings. The molecule has 2 amide bonds. The third-order valence-corrected chi connectivity index (χ3v) is 9.28. The van der Waals surface area contributed by atoms with Gasteiger partial charge in [0, 0.05) is 22.3 Å². The Kier molecular flexibility index (Phi) is 11.9. The van der Waals surface area contributed by atoms with E-state index >= 15 is 0 Å². The first-order valence-corrected chi connectivity index (χ1v) is 17.7. The van der Waals surface area contributed by atoms with Gasteiger partial charge in [0.2, 0.25) is 0 Å². The van der Waals surface area contributed by atoms with Gasteiger partial charge in [0.1, 0.15) is 35.5 Å². The second kappa shape index (κ2) is 16.7. The Morgan fingerprint density at radius 2 is 1.24 bits per heavy atom. The van der Waals surface area contributed by atoms with Gasteiger partial charge in [-0.05, 0) is 97.8 Å². The van der Waals surface area contributed by atoms with E-state index in [4.69, 9.17) is 14.2 Å². The van der Waals surface area contributed by atoms with Gasteiger partial charge in [0.15, 0.2) is 6.61 Å². The van der Waals surface area contributed by atoms with E-state index in [1.54, 1.807) is 37.3 Å². The smallest absolute Gasteiger partial charge is 0.416 e. The van der Waals surface area contributed by atoms with Crippen LogP contribution >= 0.6 is 0 Å². The molecule has 0 saturated heterocycles. The monoisotopic (exact) mass is 828 g/mol. The van der Waals surface area contributed by atoms with Crippen molar-refractivity contribution in [3.8, 4) is 17.2 Å². The molecule has 0 spiro atoms. The number of phenolic OH excluding ortho intramolecular Hbond substituents is 1. The molecular weight excluding hydrogens is 796 g/mol. The first kappa shape index (κ1) is 42.0. The highest BCUT2D eigenvalue weighted by Gasteiger charge is 2.37. The number of amides is 2. The van der Waals surface area contributed by atoms with Crippen LogP contribution in [0.1, 0.15) is 61.0 Å². The summed E-state index contributed by atoms with van der Waals surface area (Å²) < 4.78 is 121. The van der Waals surface area contributed by atoms with Crippen molar-refractivity contribution >= 4 is 29.2 Å². The average Bonchev–Trinajstić information content (AvgIpc) is 3.70. The summed E-state index contributed by atoms with van der Waals surface area (Å²) in [5, 5.41) is 9.71. The Hall–Kier alpha value is -6.65. The molecule has 0 atom stereocenters. The zero-order valence-corrected chi connectivity index (χ0v) is 31.0. The molecule has 0 aliphatic carbocycles. The zero-order chi connectivity index (χ0) is 42.8. The number of halogens is 8. The number of aryl methyl sites for hydroxylation is 1. The summed E-state index contributed by atoms with van der Waals surface area (Å²) in [4.78, 5) is 38.7. The van der Waals surface area contributed by atoms with Crippen LogP contribution in [0.4, 0.5) is 46.5 Å². The molecule has 0 aromatic heterocycles. The third kappa shape index (κ3) is 9.08. The first-order chi connectivity index (χ1) is 27.9. The van der Waals surface area contributed by atoms with Crippen molar-refractivity contribution in [2.24, 2.45) is 0 Å². The summed E-state index contributed by atoms with van der Waals surface area (Å²) in [6, 6.07) is 18.6. The van der Waals surface area contributed by atoms with Crippen molar-refractivity contribution in [3.63, 3.8) is 0 Å². The van der Waals surface area contributed by atoms with Crippen LogP contribution in [0.2, 0.25) is 0 Å². The van der Waals surface area contributed by atoms with Gasteiger partial charge in [-0.3, -0.25) is 9.59 Å². The fourth-order valence-electron chi connectivity index (χ4n) is 6.41. The van der Waals surface area contributed by atoms with Crippen molar-refractivity contribution in [3.05, 3.63) is 147 Å². The van der Waals surface area contributed by atoms with Crippen LogP contribution in [0.25, 0.3) is 0 Å². The number of anilines is 2. The number of hydrogen-bond acceptors (Lipinski definition) is 7. The molecule has 308 valence electrons. The van der Waals surface area contributed by atoms with Crippen LogP contribution in [-0.4, -0.2) is 36.1 Å². The predicted octanol–water partition coefficient (Wildman–Crippen LogP) is 9.54. The molecule has 2 aliphatic heterocycles. The number of carbonyl (C=O) groups is 3. The van der Waals surface area contributed by atoms with Crippen molar-refractivity contribution in [2.45, 2.75) is 45.9 Å². The van der Waals surface area contributed by atoms with E-state index in [1.165, 1.54) is 18.2 Å². The standard InChI is InChI=1S/C27H23F4NO5.C15H9F4NO2/c1-3-35-25(33)15-37-23-10-7-17(11-16(23)2)14-36-24-6-4-5-19-20(24)13-32(26(19)34)22-9-8-18(12-21(22)28)27(29,30)31;16-11-6-8(15(17,18)19)4-5-12(11)20-7-10-9(14(20)22)2-1-3-13(10)21/h4-12H,3,13-15H2,1-2H3;1-6,21H,7H2. The van der Waals surface area contributed by atoms with E-state index in [0.29, 0.717) is 40.8 Å². The van der Waals surface area contributed by atoms with Gasteiger partial charge in [0.05, 0.1) is 42.2 Å². The Morgan fingerprint density at radius 1 is 0.695 bits per heavy atom. The SMILES string of the molecule is CCOC(=O)COc1ccc(COc2cccc3c2CN(c2ccc(C(F)(F)F)cc2F)C3=O)cc1C.O=C1c2cccc(O)c2CN1c1ccc(C(F)(F)F)cc1F. The molecule has 5 aromatic carbocycles. The van der Waals surface area contributed by atoms with E-state index in [2.05, 4.69) is 0 Å². The minimum absolute atomic E-state index is 0.0493. The van der Waals surface area contributed by atoms with Crippen LogP contribution < -0.4 is 19.3 Å². The highest BCUT2D eigenvalue weighted by Crippen LogP contribution is 2.39. The Labute approximate surface area is 330 Å². The normalized spacial score (nSPS) is 13.5. The Balaban J connectivity index is 0.000000226. The summed E-state index contributed by atoms with van der Waals surface area (Å²) >= 11 is 0. The summed E-state index contributed by atoms with van der Waals surface area (Å²) in [6.07, 6.45) is -9.35. The highest BCUT2D eigenvalue weighted by atomic mass is 19.4. The van der Waals surface area contributed by atoms with E-state index in [9.17, 15) is 54.6 Å². The van der Waals surface area contributed by atoms with Crippen LogP contribution in [0, 0.1) is 18.6 Å². The Bertz CT molecular complexity index is 2430. The summed E-state index contributed by atoms with van der Waals surface area (Å²) in [5.74, 6) is -3.02. The molecule has 1 N–H and O–H groups in total. The molecule has 2 aliphatic rings. The lowest BCUT2D eigenvalue weighted by Gasteiger charge is -2.18. The Morgan fingerprint density at radius 3 is 1.75 bits per heavy atom. The summed E-state index contributed by atoms with van der Waals surface area (Å²) in [7, 11) is 0. The zero-order valence-electron chi connectivity index (χ0n) is 31.0. The minimum Gasteiger partial charge on any atom is -0.508 e. The molecule has 2 heterocycles. The average molecular weight is 829 g/mol. The second-order valence-electron chi connectivity index (χ2n) is 13.2. The van der Waals surface area contributed by atoms with Crippen molar-refractivity contribution < 1.29 is 68.8 Å². The number of alkyl halides is 6. The van der Waals surface area contributed by atoms with Crippen LogP contribution in [-0.2, 0) is 41.6 Å². The molecule has 0 fully saturated rings. The molecule has 9 nitrogen and oxygen atoms in total. The van der Waals surface area contributed by atoms with Gasteiger partial charge in [-0.2, -0.15) is 26.3 Å². The maximum Gasteiger partial charge on any atom is 0.416 e. The number of nitrogens with zero attached hydrogens (tertiary/aromatic N) is 2. The molecule has 0 unspecified atom stereocenters. The maximum atomic E-state index is 14.5. The molecule has 17 heteroatoms. The van der Waals surface area contributed by atoms with E-state index in [-0.39, 0.29) is 61.2 Å². The topological polar surface area (TPSA) is 106 Å². The van der Waals surface area contributed by atoms with Gasteiger partial charge >= 0.3 is 18.3 Å². The number of rotatable bonds is 9. The van der Waals surface area contributed by atoms with Gasteiger partial charge < -0.3 is 29.1 Å².